The zero-order valence-corrected chi connectivity index (χ0v) is 15.7. The lowest BCUT2D eigenvalue weighted by Gasteiger charge is -2.13. The van der Waals surface area contributed by atoms with Crippen molar-refractivity contribution in [1.82, 2.24) is 0 Å². The van der Waals surface area contributed by atoms with E-state index in [0.717, 1.165) is 0 Å². The molecule has 1 aromatic heterocycles. The maximum Gasteiger partial charge on any atom is 0.213 e. The minimum absolute atomic E-state index is 0.527. The molecule has 1 heteroatoms. The van der Waals surface area contributed by atoms with E-state index < -0.39 is 0 Å². The Morgan fingerprint density at radius 3 is 2.25 bits per heavy atom. The van der Waals surface area contributed by atoms with Gasteiger partial charge in [-0.2, -0.15) is 0 Å². The zero-order chi connectivity index (χ0) is 17.4. The molecule has 0 spiro atoms. The summed E-state index contributed by atoms with van der Waals surface area (Å²) in [6, 6.07) is 15.9. The van der Waals surface area contributed by atoms with Crippen LogP contribution in [0, 0.1) is 6.92 Å². The molecule has 1 heterocycles. The van der Waals surface area contributed by atoms with Gasteiger partial charge in [-0.3, -0.25) is 0 Å². The highest BCUT2D eigenvalue weighted by Crippen LogP contribution is 2.30. The van der Waals surface area contributed by atoms with Gasteiger partial charge in [0.15, 0.2) is 6.20 Å². The van der Waals surface area contributed by atoms with Gasteiger partial charge < -0.3 is 0 Å². The molecule has 0 saturated carbocycles. The van der Waals surface area contributed by atoms with Gasteiger partial charge in [-0.05, 0) is 53.0 Å². The van der Waals surface area contributed by atoms with E-state index in [1.54, 1.807) is 0 Å². The second kappa shape index (κ2) is 6.39. The summed E-state index contributed by atoms with van der Waals surface area (Å²) >= 11 is 0. The standard InChI is InChI=1S/C23H28N/c1-15(2)18-10-11-21(17(5)12-18)23-13-22-19(14-24(23)6)8-7-9-20(22)16(3)4/h7-16H,1-6H3/q+1. The Hall–Kier alpha value is -2.15. The van der Waals surface area contributed by atoms with Gasteiger partial charge in [0.25, 0.3) is 0 Å². The quantitative estimate of drug-likeness (QED) is 0.530. The van der Waals surface area contributed by atoms with Crippen LogP contribution in [0.2, 0.25) is 0 Å². The van der Waals surface area contributed by atoms with Crippen molar-refractivity contribution in [3.8, 4) is 11.3 Å². The van der Waals surface area contributed by atoms with E-state index in [9.17, 15) is 0 Å². The zero-order valence-electron chi connectivity index (χ0n) is 15.7. The molecule has 0 atom stereocenters. The van der Waals surface area contributed by atoms with Crippen LogP contribution in [0.3, 0.4) is 0 Å². The van der Waals surface area contributed by atoms with Crippen molar-refractivity contribution in [1.29, 1.82) is 0 Å². The molecular weight excluding hydrogens is 290 g/mol. The minimum Gasteiger partial charge on any atom is -0.200 e. The Bertz CT molecular complexity index is 888. The Labute approximate surface area is 146 Å². The van der Waals surface area contributed by atoms with Crippen LogP contribution in [-0.2, 0) is 7.05 Å². The molecular formula is C23H28N+. The normalized spacial score (nSPS) is 11.7. The van der Waals surface area contributed by atoms with Gasteiger partial charge in [0, 0.05) is 17.0 Å². The lowest BCUT2D eigenvalue weighted by molar-refractivity contribution is -0.659. The molecule has 0 radical (unpaired) electrons. The molecule has 124 valence electrons. The number of hydrogen-bond acceptors (Lipinski definition) is 0. The number of pyridine rings is 1. The van der Waals surface area contributed by atoms with Gasteiger partial charge in [-0.15, -0.1) is 0 Å². The average molecular weight is 318 g/mol. The Morgan fingerprint density at radius 2 is 1.62 bits per heavy atom. The van der Waals surface area contributed by atoms with Crippen LogP contribution >= 0.6 is 0 Å². The van der Waals surface area contributed by atoms with Gasteiger partial charge in [0.05, 0.1) is 0 Å². The molecule has 3 rings (SSSR count). The van der Waals surface area contributed by atoms with Crippen LogP contribution in [0.5, 0.6) is 0 Å². The van der Waals surface area contributed by atoms with Crippen molar-refractivity contribution < 1.29 is 4.57 Å². The van der Waals surface area contributed by atoms with Crippen molar-refractivity contribution in [2.45, 2.75) is 46.5 Å². The van der Waals surface area contributed by atoms with E-state index >= 15 is 0 Å². The fourth-order valence-electron chi connectivity index (χ4n) is 3.50. The van der Waals surface area contributed by atoms with E-state index in [0.29, 0.717) is 11.8 Å². The summed E-state index contributed by atoms with van der Waals surface area (Å²) in [4.78, 5) is 0. The molecule has 0 saturated heterocycles. The van der Waals surface area contributed by atoms with E-state index in [2.05, 4.69) is 94.9 Å². The highest BCUT2D eigenvalue weighted by Gasteiger charge is 2.17. The third-order valence-corrected chi connectivity index (χ3v) is 4.98. The highest BCUT2D eigenvalue weighted by molar-refractivity contribution is 5.87. The molecule has 0 amide bonds. The van der Waals surface area contributed by atoms with Crippen molar-refractivity contribution >= 4 is 10.8 Å². The molecule has 0 fully saturated rings. The van der Waals surface area contributed by atoms with Crippen LogP contribution < -0.4 is 4.57 Å². The predicted octanol–water partition coefficient (Wildman–Crippen LogP) is 5.89. The first-order valence-electron chi connectivity index (χ1n) is 8.91. The summed E-state index contributed by atoms with van der Waals surface area (Å²) in [5.41, 5.74) is 6.78. The Kier molecular flexibility index (Phi) is 4.45. The number of hydrogen-bond donors (Lipinski definition) is 0. The number of rotatable bonds is 3. The Morgan fingerprint density at radius 1 is 0.875 bits per heavy atom. The number of aromatic nitrogens is 1. The van der Waals surface area contributed by atoms with E-state index in [1.165, 1.54) is 38.7 Å². The maximum absolute atomic E-state index is 2.36. The second-order valence-corrected chi connectivity index (χ2v) is 7.50. The number of benzene rings is 2. The maximum atomic E-state index is 2.36. The van der Waals surface area contributed by atoms with Crippen LogP contribution in [-0.4, -0.2) is 0 Å². The van der Waals surface area contributed by atoms with Crippen LogP contribution in [0.4, 0.5) is 0 Å². The molecule has 0 aliphatic carbocycles. The molecule has 0 aliphatic heterocycles. The van der Waals surface area contributed by atoms with Gasteiger partial charge in [-0.1, -0.05) is 52.0 Å². The van der Waals surface area contributed by atoms with Gasteiger partial charge in [-0.25, -0.2) is 4.57 Å². The third-order valence-electron chi connectivity index (χ3n) is 4.98. The third kappa shape index (κ3) is 2.96. The highest BCUT2D eigenvalue weighted by atomic mass is 14.9. The van der Waals surface area contributed by atoms with E-state index in [4.69, 9.17) is 0 Å². The summed E-state index contributed by atoms with van der Waals surface area (Å²) in [6.45, 7) is 11.3. The number of fused-ring (bicyclic) bond motifs is 1. The van der Waals surface area contributed by atoms with Crippen LogP contribution in [0.1, 0.15) is 56.2 Å². The first-order chi connectivity index (χ1) is 11.4. The summed E-state index contributed by atoms with van der Waals surface area (Å²) in [6.07, 6.45) is 2.26. The summed E-state index contributed by atoms with van der Waals surface area (Å²) < 4.78 is 2.25. The second-order valence-electron chi connectivity index (χ2n) is 7.50. The van der Waals surface area contributed by atoms with E-state index in [-0.39, 0.29) is 0 Å². The summed E-state index contributed by atoms with van der Waals surface area (Å²) in [5.74, 6) is 1.09. The molecule has 0 aliphatic rings. The predicted molar refractivity (Wildman–Crippen MR) is 103 cm³/mol. The summed E-state index contributed by atoms with van der Waals surface area (Å²) in [5, 5.41) is 2.68. The van der Waals surface area contributed by atoms with Crippen LogP contribution in [0.25, 0.3) is 22.0 Å². The largest absolute Gasteiger partial charge is 0.213 e. The topological polar surface area (TPSA) is 3.88 Å². The minimum atomic E-state index is 0.527. The van der Waals surface area contributed by atoms with Crippen molar-refractivity contribution in [2.75, 3.05) is 0 Å². The monoisotopic (exact) mass is 318 g/mol. The molecule has 1 nitrogen and oxygen atoms in total. The number of nitrogens with zero attached hydrogens (tertiary/aromatic N) is 1. The molecule has 3 aromatic rings. The fraction of sp³-hybridized carbons (Fsp3) is 0.348. The lowest BCUT2D eigenvalue weighted by Crippen LogP contribution is -2.30. The van der Waals surface area contributed by atoms with Gasteiger partial charge in [0.2, 0.25) is 5.69 Å². The number of aryl methyl sites for hydroxylation is 2. The lowest BCUT2D eigenvalue weighted by atomic mass is 9.93. The average Bonchev–Trinajstić information content (AvgIpc) is 2.53. The molecule has 0 bridgehead atoms. The van der Waals surface area contributed by atoms with Gasteiger partial charge in [0.1, 0.15) is 7.05 Å². The van der Waals surface area contributed by atoms with Crippen LogP contribution in [0.15, 0.2) is 48.7 Å². The summed E-state index contributed by atoms with van der Waals surface area (Å²) in [7, 11) is 2.15. The van der Waals surface area contributed by atoms with Crippen molar-refractivity contribution in [3.63, 3.8) is 0 Å². The van der Waals surface area contributed by atoms with Crippen molar-refractivity contribution in [2.24, 2.45) is 7.05 Å². The Balaban J connectivity index is 2.23. The van der Waals surface area contributed by atoms with E-state index in [1.807, 2.05) is 0 Å². The first kappa shape index (κ1) is 16.7. The first-order valence-corrected chi connectivity index (χ1v) is 8.91. The SMILES string of the molecule is Cc1cc(C(C)C)ccc1-c1cc2c(C(C)C)cccc2c[n+]1C. The smallest absolute Gasteiger partial charge is 0.200 e. The molecule has 0 N–H and O–H groups in total. The molecule has 0 unspecified atom stereocenters. The molecule has 24 heavy (non-hydrogen) atoms. The van der Waals surface area contributed by atoms with Gasteiger partial charge >= 0.3 is 0 Å². The fourth-order valence-corrected chi connectivity index (χ4v) is 3.50. The van der Waals surface area contributed by atoms with Crippen molar-refractivity contribution in [3.05, 3.63) is 65.4 Å². The molecule has 2 aromatic carbocycles.